The number of fused-ring (bicyclic) bond motifs is 4. The molecule has 109 heavy (non-hydrogen) atoms. The van der Waals surface area contributed by atoms with E-state index in [1.807, 2.05) is 0 Å². The topological polar surface area (TPSA) is 6.48 Å². The standard InChI is InChI=1S/C106H117BN2/c1-66-49-67(2)51-74(50-66)84-63-91-93(65-89(84)106(24,25)26)109(98-87(72-43-35-47-77(54-72)101(9,10)11)58-80(104(18,19)20)59-88(98)73-44-36-48-78(55-73)102(12,13)14)95-61-81(105(21,22)23)60-94-96(95)107(91)90-62-82(68-37-29-27-30-38-68)83(69-39-31-28-32-40-69)64-92(90)108(94)97-85(70-41-33-45-75(52-70)99(3,4)5)56-79(103(15,16)17)57-86(97)71-42-34-46-76(53-71)100(6,7)8/h27-65H,1-26H3. The van der Waals surface area contributed by atoms with Crippen molar-refractivity contribution in [3.8, 4) is 77.9 Å². The third-order valence-electron chi connectivity index (χ3n) is 23.3. The van der Waals surface area contributed by atoms with E-state index < -0.39 is 0 Å². The van der Waals surface area contributed by atoms with Gasteiger partial charge in [0.15, 0.2) is 0 Å². The molecular formula is C106H117BN2. The highest BCUT2D eigenvalue weighted by atomic mass is 15.2. The van der Waals surface area contributed by atoms with Gasteiger partial charge in [-0.2, -0.15) is 0 Å². The van der Waals surface area contributed by atoms with Crippen LogP contribution in [0.15, 0.2) is 237 Å². The van der Waals surface area contributed by atoms with Gasteiger partial charge in [-0.25, -0.2) is 0 Å². The first-order valence-corrected chi connectivity index (χ1v) is 40.1. The second-order valence-corrected chi connectivity index (χ2v) is 40.2. The molecule has 14 rings (SSSR count). The van der Waals surface area contributed by atoms with Crippen molar-refractivity contribution in [2.24, 2.45) is 0 Å². The predicted octanol–water partition coefficient (Wildman–Crippen LogP) is 28.4. The van der Waals surface area contributed by atoms with Crippen LogP contribution in [0.5, 0.6) is 0 Å². The highest BCUT2D eigenvalue weighted by Crippen LogP contribution is 2.57. The first kappa shape index (κ1) is 76.1. The molecule has 0 saturated heterocycles. The summed E-state index contributed by atoms with van der Waals surface area (Å²) >= 11 is 0. The molecule has 0 atom stereocenters. The maximum absolute atomic E-state index is 2.83. The summed E-state index contributed by atoms with van der Waals surface area (Å²) in [4.78, 5) is 5.64. The SMILES string of the molecule is Cc1cc(C)cc(-c2cc3c(cc2C(C)(C)C)N(c2c(-c4cccc(C(C)(C)C)c4)cc(C(C)(C)C)cc2-c2cccc(C(C)(C)C)c2)c2cc(C(C)(C)C)cc4c2B3c2cc(-c3ccccc3)c(-c3ccccc3)cc2N4c2c(-c3cccc(C(C)(C)C)c3)cc(C(C)(C)C)cc2-c2cccc(C(C)(C)C)c2)c1. The van der Waals surface area contributed by atoms with Crippen molar-refractivity contribution in [2.45, 2.75) is 223 Å². The third kappa shape index (κ3) is 14.6. The molecule has 12 aromatic rings. The second kappa shape index (κ2) is 27.1. The zero-order valence-electron chi connectivity index (χ0n) is 70.5. The molecule has 0 aromatic heterocycles. The molecule has 2 aliphatic heterocycles. The molecule has 0 amide bonds. The quantitative estimate of drug-likeness (QED) is 0.133. The molecular weight excluding hydrogens is 1310 g/mol. The maximum Gasteiger partial charge on any atom is 0.252 e. The first-order valence-electron chi connectivity index (χ1n) is 40.1. The van der Waals surface area contributed by atoms with Crippen LogP contribution in [0.25, 0.3) is 77.9 Å². The lowest BCUT2D eigenvalue weighted by Crippen LogP contribution is -2.61. The molecule has 554 valence electrons. The van der Waals surface area contributed by atoms with Crippen molar-refractivity contribution in [3.05, 3.63) is 292 Å². The molecule has 2 nitrogen and oxygen atoms in total. The molecule has 0 fully saturated rings. The minimum Gasteiger partial charge on any atom is -0.310 e. The smallest absolute Gasteiger partial charge is 0.252 e. The molecule has 2 heterocycles. The van der Waals surface area contributed by atoms with Crippen LogP contribution in [0.3, 0.4) is 0 Å². The van der Waals surface area contributed by atoms with Gasteiger partial charge in [0.2, 0.25) is 0 Å². The van der Waals surface area contributed by atoms with Gasteiger partial charge in [-0.3, -0.25) is 0 Å². The summed E-state index contributed by atoms with van der Waals surface area (Å²) in [6.07, 6.45) is 0. The molecule has 0 N–H and O–H groups in total. The van der Waals surface area contributed by atoms with Crippen molar-refractivity contribution in [1.82, 2.24) is 0 Å². The minimum atomic E-state index is -0.345. The monoisotopic (exact) mass is 1430 g/mol. The third-order valence-corrected chi connectivity index (χ3v) is 23.3. The van der Waals surface area contributed by atoms with Crippen LogP contribution in [-0.2, 0) is 43.3 Å². The number of aryl methyl sites for hydroxylation is 2. The van der Waals surface area contributed by atoms with Gasteiger partial charge in [-0.1, -0.05) is 365 Å². The van der Waals surface area contributed by atoms with Gasteiger partial charge >= 0.3 is 0 Å². The van der Waals surface area contributed by atoms with Gasteiger partial charge in [0.05, 0.1) is 11.4 Å². The summed E-state index contributed by atoms with van der Waals surface area (Å²) in [6, 6.07) is 94.2. The predicted molar refractivity (Wildman–Crippen MR) is 478 cm³/mol. The van der Waals surface area contributed by atoms with E-state index in [0.29, 0.717) is 0 Å². The Labute approximate surface area is 656 Å². The van der Waals surface area contributed by atoms with Crippen molar-refractivity contribution in [2.75, 3.05) is 9.80 Å². The zero-order valence-corrected chi connectivity index (χ0v) is 70.5. The molecule has 0 spiro atoms. The molecule has 0 bridgehead atoms. The molecule has 0 radical (unpaired) electrons. The van der Waals surface area contributed by atoms with Gasteiger partial charge in [-0.05, 0) is 222 Å². The van der Waals surface area contributed by atoms with Crippen molar-refractivity contribution in [1.29, 1.82) is 0 Å². The molecule has 0 unspecified atom stereocenters. The summed E-state index contributed by atoms with van der Waals surface area (Å²) in [5.41, 5.74) is 38.9. The fraction of sp³-hybridized carbons (Fsp3) is 0.321. The number of nitrogens with zero attached hydrogens (tertiary/aromatic N) is 2. The number of benzene rings is 12. The fourth-order valence-corrected chi connectivity index (χ4v) is 16.8. The van der Waals surface area contributed by atoms with Crippen LogP contribution >= 0.6 is 0 Å². The summed E-state index contributed by atoms with van der Waals surface area (Å²) < 4.78 is 0. The summed E-state index contributed by atoms with van der Waals surface area (Å²) in [5.74, 6) is 0. The number of rotatable bonds is 9. The van der Waals surface area contributed by atoms with Gasteiger partial charge in [0, 0.05) is 45.0 Å². The first-order chi connectivity index (χ1) is 50.9. The second-order valence-electron chi connectivity index (χ2n) is 40.2. The molecule has 2 aliphatic rings. The molecule has 3 heteroatoms. The average molecular weight is 1430 g/mol. The van der Waals surface area contributed by atoms with E-state index >= 15 is 0 Å². The number of hydrogen-bond donors (Lipinski definition) is 0. The van der Waals surface area contributed by atoms with E-state index in [-0.39, 0.29) is 50.0 Å². The maximum atomic E-state index is 2.83. The van der Waals surface area contributed by atoms with E-state index in [0.717, 1.165) is 5.69 Å². The van der Waals surface area contributed by atoms with Gasteiger partial charge in [0.25, 0.3) is 6.71 Å². The molecule has 0 aliphatic carbocycles. The Morgan fingerprint density at radius 2 is 0.505 bits per heavy atom. The number of anilines is 6. The Bertz CT molecular complexity index is 5350. The summed E-state index contributed by atoms with van der Waals surface area (Å²) in [6.45, 7) is 61.6. The van der Waals surface area contributed by atoms with Crippen LogP contribution in [0.4, 0.5) is 34.1 Å². The van der Waals surface area contributed by atoms with Crippen molar-refractivity contribution >= 4 is 57.2 Å². The van der Waals surface area contributed by atoms with E-state index in [1.165, 1.54) is 178 Å². The summed E-state index contributed by atoms with van der Waals surface area (Å²) in [7, 11) is 0. The number of hydrogen-bond acceptors (Lipinski definition) is 2. The normalized spacial score (nSPS) is 13.5. The van der Waals surface area contributed by atoms with Gasteiger partial charge < -0.3 is 9.80 Å². The van der Waals surface area contributed by atoms with Crippen LogP contribution in [0, 0.1) is 13.8 Å². The van der Waals surface area contributed by atoms with E-state index in [2.05, 4.69) is 426 Å². The Morgan fingerprint density at radius 1 is 0.211 bits per heavy atom. The highest BCUT2D eigenvalue weighted by Gasteiger charge is 2.48. The van der Waals surface area contributed by atoms with Crippen LogP contribution in [-0.4, -0.2) is 6.71 Å². The molecule has 12 aromatic carbocycles. The molecule has 0 saturated carbocycles. The minimum absolute atomic E-state index is 0.125. The Hall–Kier alpha value is -9.70. The fourth-order valence-electron chi connectivity index (χ4n) is 16.8. The van der Waals surface area contributed by atoms with Gasteiger partial charge in [-0.15, -0.1) is 0 Å². The average Bonchev–Trinajstić information content (AvgIpc) is 0.681. The lowest BCUT2D eigenvalue weighted by molar-refractivity contribution is 0.589. The van der Waals surface area contributed by atoms with Crippen LogP contribution in [0.2, 0.25) is 0 Å². The lowest BCUT2D eigenvalue weighted by Gasteiger charge is -2.47. The summed E-state index contributed by atoms with van der Waals surface area (Å²) in [5, 5.41) is 0. The van der Waals surface area contributed by atoms with Crippen LogP contribution < -0.4 is 26.2 Å². The Kier molecular flexibility index (Phi) is 18.9. The van der Waals surface area contributed by atoms with Crippen LogP contribution in [0.1, 0.15) is 222 Å². The Morgan fingerprint density at radius 3 is 0.826 bits per heavy atom. The largest absolute Gasteiger partial charge is 0.310 e. The Balaban J connectivity index is 1.28. The van der Waals surface area contributed by atoms with E-state index in [9.17, 15) is 0 Å². The van der Waals surface area contributed by atoms with Crippen molar-refractivity contribution < 1.29 is 0 Å². The van der Waals surface area contributed by atoms with E-state index in [1.54, 1.807) is 0 Å². The van der Waals surface area contributed by atoms with E-state index in [4.69, 9.17) is 0 Å². The highest BCUT2D eigenvalue weighted by molar-refractivity contribution is 7.00. The zero-order chi connectivity index (χ0) is 78.4. The van der Waals surface area contributed by atoms with Crippen molar-refractivity contribution in [3.63, 3.8) is 0 Å². The lowest BCUT2D eigenvalue weighted by atomic mass is 9.33. The van der Waals surface area contributed by atoms with Gasteiger partial charge in [0.1, 0.15) is 0 Å².